The van der Waals surface area contributed by atoms with Gasteiger partial charge in [-0.1, -0.05) is 13.8 Å². The van der Waals surface area contributed by atoms with Gasteiger partial charge in [-0.25, -0.2) is 4.79 Å². The van der Waals surface area contributed by atoms with Crippen LogP contribution in [-0.2, 0) is 9.53 Å². The molecule has 0 aliphatic carbocycles. The molecule has 9 heteroatoms. The summed E-state index contributed by atoms with van der Waals surface area (Å²) in [6, 6.07) is -1.06. The van der Waals surface area contributed by atoms with E-state index in [0.717, 1.165) is 0 Å². The highest BCUT2D eigenvalue weighted by molar-refractivity contribution is 5.80. The number of urea groups is 1. The van der Waals surface area contributed by atoms with Crippen LogP contribution in [0.5, 0.6) is 0 Å². The summed E-state index contributed by atoms with van der Waals surface area (Å²) < 4.78 is 42.0. The van der Waals surface area contributed by atoms with Crippen LogP contribution in [0.2, 0.25) is 0 Å². The normalized spacial score (nSPS) is 11.5. The van der Waals surface area contributed by atoms with E-state index in [4.69, 9.17) is 9.84 Å². The molecular formula is C12H21F3N2O4. The zero-order valence-electron chi connectivity index (χ0n) is 12.1. The maximum Gasteiger partial charge on any atom is 0.406 e. The molecule has 124 valence electrons. The third kappa shape index (κ3) is 12.0. The molecule has 21 heavy (non-hydrogen) atoms. The first-order chi connectivity index (χ1) is 9.61. The molecule has 0 unspecified atom stereocenters. The van der Waals surface area contributed by atoms with Crippen molar-refractivity contribution in [3.8, 4) is 0 Å². The molecule has 0 spiro atoms. The van der Waals surface area contributed by atoms with Crippen LogP contribution >= 0.6 is 0 Å². The molecule has 0 saturated carbocycles. The molecule has 0 fully saturated rings. The standard InChI is InChI=1S/C12H21F3N2O4/c1-9(2)7-21-5-3-4-16-11(20)17(6-10(18)19)8-12(13,14)15/h9H,3-8H2,1-2H3,(H,16,20)(H,18,19). The second kappa shape index (κ2) is 9.43. The summed E-state index contributed by atoms with van der Waals surface area (Å²) in [5, 5.41) is 10.8. The van der Waals surface area contributed by atoms with Gasteiger partial charge in [-0.3, -0.25) is 4.79 Å². The zero-order valence-corrected chi connectivity index (χ0v) is 12.1. The van der Waals surface area contributed by atoms with Gasteiger partial charge in [0.1, 0.15) is 13.1 Å². The van der Waals surface area contributed by atoms with Crippen LogP contribution in [0.3, 0.4) is 0 Å². The Kier molecular flexibility index (Phi) is 8.75. The van der Waals surface area contributed by atoms with Gasteiger partial charge in [0.25, 0.3) is 0 Å². The molecule has 2 N–H and O–H groups in total. The van der Waals surface area contributed by atoms with E-state index >= 15 is 0 Å². The van der Waals surface area contributed by atoms with Gasteiger partial charge in [0.2, 0.25) is 0 Å². The summed E-state index contributed by atoms with van der Waals surface area (Å²) in [5.41, 5.74) is 0. The molecule has 0 heterocycles. The molecule has 2 amide bonds. The first-order valence-corrected chi connectivity index (χ1v) is 6.51. The number of rotatable bonds is 9. The second-order valence-corrected chi connectivity index (χ2v) is 4.92. The molecule has 0 aromatic carbocycles. The lowest BCUT2D eigenvalue weighted by atomic mass is 10.2. The van der Waals surface area contributed by atoms with Crippen molar-refractivity contribution >= 4 is 12.0 Å². The summed E-state index contributed by atoms with van der Waals surface area (Å²) in [5.74, 6) is -1.13. The number of amides is 2. The molecule has 0 atom stereocenters. The third-order valence-corrected chi connectivity index (χ3v) is 2.18. The zero-order chi connectivity index (χ0) is 16.5. The molecular weight excluding hydrogens is 293 g/mol. The summed E-state index contributed by atoms with van der Waals surface area (Å²) in [4.78, 5) is 22.2. The van der Waals surface area contributed by atoms with Gasteiger partial charge >= 0.3 is 18.2 Å². The van der Waals surface area contributed by atoms with E-state index in [0.29, 0.717) is 25.6 Å². The highest BCUT2D eigenvalue weighted by Gasteiger charge is 2.33. The first-order valence-electron chi connectivity index (χ1n) is 6.51. The molecule has 0 rings (SSSR count). The van der Waals surface area contributed by atoms with Crippen LogP contribution in [0, 0.1) is 5.92 Å². The lowest BCUT2D eigenvalue weighted by molar-refractivity contribution is -0.148. The van der Waals surface area contributed by atoms with Crippen LogP contribution < -0.4 is 5.32 Å². The minimum absolute atomic E-state index is 0.116. The molecule has 0 bridgehead atoms. The van der Waals surface area contributed by atoms with Crippen molar-refractivity contribution in [1.29, 1.82) is 0 Å². The fourth-order valence-electron chi connectivity index (χ4n) is 1.38. The highest BCUT2D eigenvalue weighted by Crippen LogP contribution is 2.16. The van der Waals surface area contributed by atoms with E-state index in [1.165, 1.54) is 0 Å². The maximum atomic E-state index is 12.2. The fraction of sp³-hybridized carbons (Fsp3) is 0.833. The van der Waals surface area contributed by atoms with Crippen molar-refractivity contribution in [3.63, 3.8) is 0 Å². The number of carboxylic acid groups (broad SMARTS) is 1. The predicted molar refractivity (Wildman–Crippen MR) is 68.9 cm³/mol. The van der Waals surface area contributed by atoms with Gasteiger partial charge in [0.15, 0.2) is 0 Å². The van der Waals surface area contributed by atoms with Gasteiger partial charge < -0.3 is 20.1 Å². The van der Waals surface area contributed by atoms with E-state index in [1.807, 2.05) is 13.8 Å². The summed E-state index contributed by atoms with van der Waals surface area (Å²) in [6.07, 6.45) is -4.21. The van der Waals surface area contributed by atoms with E-state index in [-0.39, 0.29) is 11.4 Å². The average molecular weight is 314 g/mol. The number of alkyl halides is 3. The molecule has 0 radical (unpaired) electrons. The van der Waals surface area contributed by atoms with Crippen LogP contribution in [-0.4, -0.2) is 61.0 Å². The first kappa shape index (κ1) is 19.5. The lowest BCUT2D eigenvalue weighted by Gasteiger charge is -2.22. The Morgan fingerprint density at radius 1 is 1.33 bits per heavy atom. The van der Waals surface area contributed by atoms with Crippen molar-refractivity contribution in [3.05, 3.63) is 0 Å². The van der Waals surface area contributed by atoms with Crippen molar-refractivity contribution in [2.24, 2.45) is 5.92 Å². The minimum Gasteiger partial charge on any atom is -0.480 e. The topological polar surface area (TPSA) is 78.9 Å². The van der Waals surface area contributed by atoms with E-state index in [2.05, 4.69) is 5.32 Å². The average Bonchev–Trinajstić information content (AvgIpc) is 2.29. The van der Waals surface area contributed by atoms with Gasteiger partial charge in [-0.05, 0) is 12.3 Å². The number of carbonyl (C=O) groups is 2. The van der Waals surface area contributed by atoms with Crippen molar-refractivity contribution in [1.82, 2.24) is 10.2 Å². The Morgan fingerprint density at radius 3 is 2.43 bits per heavy atom. The third-order valence-electron chi connectivity index (χ3n) is 2.18. The minimum atomic E-state index is -4.65. The molecule has 0 aliphatic heterocycles. The summed E-state index contributed by atoms with van der Waals surface area (Å²) in [7, 11) is 0. The molecule has 0 aliphatic rings. The number of halogens is 3. The van der Waals surface area contributed by atoms with Crippen molar-refractivity contribution in [2.75, 3.05) is 32.8 Å². The Bertz CT molecular complexity index is 335. The smallest absolute Gasteiger partial charge is 0.406 e. The van der Waals surface area contributed by atoms with Crippen LogP contribution in [0.25, 0.3) is 0 Å². The molecule has 0 aromatic rings. The Hall–Kier alpha value is -1.51. The number of carbonyl (C=O) groups excluding carboxylic acids is 1. The van der Waals surface area contributed by atoms with E-state index in [1.54, 1.807) is 0 Å². The molecule has 0 saturated heterocycles. The monoisotopic (exact) mass is 314 g/mol. The quantitative estimate of drug-likeness (QED) is 0.635. The van der Waals surface area contributed by atoms with Gasteiger partial charge in [-0.2, -0.15) is 13.2 Å². The van der Waals surface area contributed by atoms with Gasteiger partial charge in [0, 0.05) is 19.8 Å². The Morgan fingerprint density at radius 2 is 1.95 bits per heavy atom. The van der Waals surface area contributed by atoms with Gasteiger partial charge in [0.05, 0.1) is 0 Å². The SMILES string of the molecule is CC(C)COCCCNC(=O)N(CC(=O)O)CC(F)(F)F. The van der Waals surface area contributed by atoms with Crippen LogP contribution in [0.15, 0.2) is 0 Å². The van der Waals surface area contributed by atoms with Crippen LogP contribution in [0.4, 0.5) is 18.0 Å². The number of hydrogen-bond acceptors (Lipinski definition) is 3. The number of carboxylic acids is 1. The Labute approximate surface area is 121 Å². The Balaban J connectivity index is 4.08. The largest absolute Gasteiger partial charge is 0.480 e. The highest BCUT2D eigenvalue weighted by atomic mass is 19.4. The van der Waals surface area contributed by atoms with Crippen molar-refractivity contribution in [2.45, 2.75) is 26.4 Å². The number of hydrogen-bond donors (Lipinski definition) is 2. The lowest BCUT2D eigenvalue weighted by Crippen LogP contribution is -2.47. The van der Waals surface area contributed by atoms with E-state index in [9.17, 15) is 22.8 Å². The second-order valence-electron chi connectivity index (χ2n) is 4.92. The van der Waals surface area contributed by atoms with Crippen LogP contribution in [0.1, 0.15) is 20.3 Å². The maximum absolute atomic E-state index is 12.2. The fourth-order valence-corrected chi connectivity index (χ4v) is 1.38. The van der Waals surface area contributed by atoms with Gasteiger partial charge in [-0.15, -0.1) is 0 Å². The number of ether oxygens (including phenoxy) is 1. The number of nitrogens with one attached hydrogen (secondary N) is 1. The van der Waals surface area contributed by atoms with E-state index < -0.39 is 31.3 Å². The molecule has 0 aromatic heterocycles. The van der Waals surface area contributed by atoms with Crippen molar-refractivity contribution < 1.29 is 32.6 Å². The summed E-state index contributed by atoms with van der Waals surface area (Å²) >= 11 is 0. The number of aliphatic carboxylic acids is 1. The number of nitrogens with zero attached hydrogens (tertiary/aromatic N) is 1. The predicted octanol–water partition coefficient (Wildman–Crippen LogP) is 1.71. The molecule has 6 nitrogen and oxygen atoms in total. The summed E-state index contributed by atoms with van der Waals surface area (Å²) in [6.45, 7) is 2.39.